The number of piperidine rings is 1. The van der Waals surface area contributed by atoms with E-state index in [0.29, 0.717) is 5.92 Å². The molecule has 122 valence electrons. The molecule has 0 aromatic heterocycles. The van der Waals surface area contributed by atoms with Gasteiger partial charge in [-0.05, 0) is 42.9 Å². The van der Waals surface area contributed by atoms with E-state index in [1.165, 1.54) is 25.7 Å². The molecule has 2 aliphatic rings. The van der Waals surface area contributed by atoms with E-state index < -0.39 is 0 Å². The number of aliphatic hydroxyl groups is 1. The smallest absolute Gasteiger partial charge is 0.317 e. The average molecular weight is 296 g/mol. The van der Waals surface area contributed by atoms with Crippen LogP contribution >= 0.6 is 0 Å². The van der Waals surface area contributed by atoms with Crippen LogP contribution in [-0.4, -0.2) is 42.3 Å². The van der Waals surface area contributed by atoms with Crippen molar-refractivity contribution >= 4 is 6.03 Å². The molecule has 21 heavy (non-hydrogen) atoms. The van der Waals surface area contributed by atoms with Crippen molar-refractivity contribution in [3.05, 3.63) is 0 Å². The van der Waals surface area contributed by atoms with Crippen LogP contribution in [0.5, 0.6) is 0 Å². The minimum atomic E-state index is 0.0503. The monoisotopic (exact) mass is 296 g/mol. The fourth-order valence-electron chi connectivity index (χ4n) is 3.83. The van der Waals surface area contributed by atoms with Crippen LogP contribution in [0.25, 0.3) is 0 Å². The Kier molecular flexibility index (Phi) is 5.91. The zero-order valence-corrected chi connectivity index (χ0v) is 13.7. The molecule has 4 nitrogen and oxygen atoms in total. The highest BCUT2D eigenvalue weighted by atomic mass is 16.3. The van der Waals surface area contributed by atoms with Gasteiger partial charge in [0.2, 0.25) is 0 Å². The summed E-state index contributed by atoms with van der Waals surface area (Å²) in [7, 11) is 0. The van der Waals surface area contributed by atoms with Crippen LogP contribution in [-0.2, 0) is 0 Å². The van der Waals surface area contributed by atoms with E-state index in [-0.39, 0.29) is 18.1 Å². The van der Waals surface area contributed by atoms with E-state index in [0.717, 1.165) is 44.8 Å². The highest BCUT2D eigenvalue weighted by Gasteiger charge is 2.34. The van der Waals surface area contributed by atoms with Crippen molar-refractivity contribution in [2.24, 2.45) is 17.3 Å². The van der Waals surface area contributed by atoms with E-state index in [1.807, 2.05) is 4.90 Å². The number of likely N-dealkylation sites (tertiary alicyclic amines) is 1. The SMILES string of the molecule is CCC1(CO)CCN(C(=O)NCC2CCCCC2C)CC1. The van der Waals surface area contributed by atoms with Crippen LogP contribution in [0.15, 0.2) is 0 Å². The fraction of sp³-hybridized carbons (Fsp3) is 0.941. The maximum absolute atomic E-state index is 12.3. The van der Waals surface area contributed by atoms with Gasteiger partial charge >= 0.3 is 6.03 Å². The zero-order chi connectivity index (χ0) is 15.3. The first kappa shape index (κ1) is 16.6. The normalized spacial score (nSPS) is 29.2. The first-order chi connectivity index (χ1) is 10.1. The molecule has 0 spiro atoms. The standard InChI is InChI=1S/C17H32N2O2/c1-3-17(13-20)8-10-19(11-9-17)16(21)18-12-15-7-5-4-6-14(15)2/h14-15,20H,3-13H2,1-2H3,(H,18,21). The topological polar surface area (TPSA) is 52.6 Å². The van der Waals surface area contributed by atoms with Crippen molar-refractivity contribution in [2.45, 2.75) is 58.8 Å². The summed E-state index contributed by atoms with van der Waals surface area (Å²) < 4.78 is 0. The van der Waals surface area contributed by atoms with Crippen molar-refractivity contribution in [3.8, 4) is 0 Å². The zero-order valence-electron chi connectivity index (χ0n) is 13.7. The summed E-state index contributed by atoms with van der Waals surface area (Å²) in [6, 6.07) is 0.0930. The van der Waals surface area contributed by atoms with Gasteiger partial charge in [-0.15, -0.1) is 0 Å². The Morgan fingerprint density at radius 1 is 1.29 bits per heavy atom. The molecule has 0 aromatic carbocycles. The van der Waals surface area contributed by atoms with Crippen molar-refractivity contribution in [1.82, 2.24) is 10.2 Å². The van der Waals surface area contributed by atoms with Crippen LogP contribution in [0.4, 0.5) is 4.79 Å². The third-order valence-corrected chi connectivity index (χ3v) is 6.00. The molecule has 1 saturated carbocycles. The maximum Gasteiger partial charge on any atom is 0.317 e. The largest absolute Gasteiger partial charge is 0.396 e. The lowest BCUT2D eigenvalue weighted by Crippen LogP contribution is -2.49. The molecular weight excluding hydrogens is 264 g/mol. The highest BCUT2D eigenvalue weighted by Crippen LogP contribution is 2.34. The second kappa shape index (κ2) is 7.48. The molecule has 2 atom stereocenters. The van der Waals surface area contributed by atoms with E-state index in [9.17, 15) is 9.90 Å². The first-order valence-corrected chi connectivity index (χ1v) is 8.74. The van der Waals surface area contributed by atoms with Crippen molar-refractivity contribution < 1.29 is 9.90 Å². The lowest BCUT2D eigenvalue weighted by atomic mass is 9.77. The van der Waals surface area contributed by atoms with Gasteiger partial charge in [-0.2, -0.15) is 0 Å². The molecule has 0 radical (unpaired) electrons. The Labute approximate surface area is 129 Å². The molecule has 1 saturated heterocycles. The van der Waals surface area contributed by atoms with Gasteiger partial charge in [0.1, 0.15) is 0 Å². The number of nitrogens with zero attached hydrogens (tertiary/aromatic N) is 1. The Bertz CT molecular complexity index is 332. The van der Waals surface area contributed by atoms with E-state index in [4.69, 9.17) is 0 Å². The molecule has 1 aliphatic heterocycles. The van der Waals surface area contributed by atoms with Crippen LogP contribution < -0.4 is 5.32 Å². The molecule has 2 fully saturated rings. The number of carbonyl (C=O) groups is 1. The molecule has 0 aromatic rings. The van der Waals surface area contributed by atoms with Gasteiger partial charge in [0.05, 0.1) is 0 Å². The van der Waals surface area contributed by atoms with Gasteiger partial charge in [-0.1, -0.05) is 33.1 Å². The van der Waals surface area contributed by atoms with E-state index in [1.54, 1.807) is 0 Å². The summed E-state index contributed by atoms with van der Waals surface area (Å²) in [5.74, 6) is 1.39. The number of hydrogen-bond acceptors (Lipinski definition) is 2. The third kappa shape index (κ3) is 4.12. The Balaban J connectivity index is 1.74. The van der Waals surface area contributed by atoms with Crippen LogP contribution in [0.3, 0.4) is 0 Å². The summed E-state index contributed by atoms with van der Waals surface area (Å²) in [5, 5.41) is 12.7. The maximum atomic E-state index is 12.3. The highest BCUT2D eigenvalue weighted by molar-refractivity contribution is 5.74. The predicted octanol–water partition coefficient (Wildman–Crippen LogP) is 3.01. The summed E-state index contributed by atoms with van der Waals surface area (Å²) in [6.07, 6.45) is 8.06. The number of hydrogen-bond donors (Lipinski definition) is 2. The molecule has 2 N–H and O–H groups in total. The summed E-state index contributed by atoms with van der Waals surface area (Å²) in [6.45, 7) is 7.08. The average Bonchev–Trinajstić information content (AvgIpc) is 2.54. The number of carbonyl (C=O) groups excluding carboxylic acids is 1. The second-order valence-electron chi connectivity index (χ2n) is 7.21. The van der Waals surface area contributed by atoms with Crippen molar-refractivity contribution in [1.29, 1.82) is 0 Å². The van der Waals surface area contributed by atoms with Crippen molar-refractivity contribution in [3.63, 3.8) is 0 Å². The van der Waals surface area contributed by atoms with Gasteiger partial charge in [-0.3, -0.25) is 0 Å². The quantitative estimate of drug-likeness (QED) is 0.838. The van der Waals surface area contributed by atoms with E-state index in [2.05, 4.69) is 19.2 Å². The van der Waals surface area contributed by atoms with Crippen LogP contribution in [0.2, 0.25) is 0 Å². The number of rotatable bonds is 4. The number of nitrogens with one attached hydrogen (secondary N) is 1. The fourth-order valence-corrected chi connectivity index (χ4v) is 3.83. The second-order valence-corrected chi connectivity index (χ2v) is 7.21. The number of amides is 2. The molecule has 0 bridgehead atoms. The Hall–Kier alpha value is -0.770. The van der Waals surface area contributed by atoms with Gasteiger partial charge < -0.3 is 15.3 Å². The summed E-state index contributed by atoms with van der Waals surface area (Å²) in [4.78, 5) is 14.2. The molecular formula is C17H32N2O2. The van der Waals surface area contributed by atoms with Crippen LogP contribution in [0, 0.1) is 17.3 Å². The minimum absolute atomic E-state index is 0.0503. The third-order valence-electron chi connectivity index (χ3n) is 6.00. The van der Waals surface area contributed by atoms with Gasteiger partial charge in [0, 0.05) is 26.2 Å². The van der Waals surface area contributed by atoms with Gasteiger partial charge in [0.15, 0.2) is 0 Å². The number of aliphatic hydroxyl groups excluding tert-OH is 1. The molecule has 1 heterocycles. The molecule has 2 rings (SSSR count). The molecule has 2 amide bonds. The Morgan fingerprint density at radius 3 is 2.52 bits per heavy atom. The Morgan fingerprint density at radius 2 is 1.95 bits per heavy atom. The molecule has 4 heteroatoms. The van der Waals surface area contributed by atoms with Gasteiger partial charge in [0.25, 0.3) is 0 Å². The van der Waals surface area contributed by atoms with Gasteiger partial charge in [-0.25, -0.2) is 4.79 Å². The summed E-state index contributed by atoms with van der Waals surface area (Å²) >= 11 is 0. The molecule has 1 aliphatic carbocycles. The lowest BCUT2D eigenvalue weighted by Gasteiger charge is -2.40. The lowest BCUT2D eigenvalue weighted by molar-refractivity contribution is 0.0516. The predicted molar refractivity (Wildman–Crippen MR) is 85.1 cm³/mol. The van der Waals surface area contributed by atoms with Crippen LogP contribution in [0.1, 0.15) is 58.8 Å². The van der Waals surface area contributed by atoms with Crippen molar-refractivity contribution in [2.75, 3.05) is 26.2 Å². The molecule has 2 unspecified atom stereocenters. The van der Waals surface area contributed by atoms with E-state index >= 15 is 0 Å². The minimum Gasteiger partial charge on any atom is -0.396 e. The first-order valence-electron chi connectivity index (χ1n) is 8.74. The summed E-state index contributed by atoms with van der Waals surface area (Å²) in [5.41, 5.74) is 0.0503. The number of urea groups is 1.